The third kappa shape index (κ3) is 4.54. The van der Waals surface area contributed by atoms with Crippen LogP contribution in [0.3, 0.4) is 0 Å². The number of hydrogen-bond acceptors (Lipinski definition) is 5. The van der Waals surface area contributed by atoms with Gasteiger partial charge in [0.15, 0.2) is 0 Å². The van der Waals surface area contributed by atoms with Gasteiger partial charge in [0.2, 0.25) is 5.95 Å². The average Bonchev–Trinajstić information content (AvgIpc) is 2.63. The molecular weight excluding hydrogens is 329 g/mol. The molecule has 0 aliphatic heterocycles. The van der Waals surface area contributed by atoms with Crippen LogP contribution >= 0.6 is 0 Å². The van der Waals surface area contributed by atoms with Crippen molar-refractivity contribution in [2.75, 3.05) is 17.2 Å². The molecule has 0 spiro atoms. The average molecular weight is 347 g/mol. The first-order chi connectivity index (χ1) is 12.6. The van der Waals surface area contributed by atoms with Crippen molar-refractivity contribution in [2.24, 2.45) is 0 Å². The maximum absolute atomic E-state index is 13.7. The molecule has 0 saturated heterocycles. The zero-order valence-electron chi connectivity index (χ0n) is 14.3. The van der Waals surface area contributed by atoms with Gasteiger partial charge in [-0.1, -0.05) is 18.2 Å². The van der Waals surface area contributed by atoms with Crippen molar-refractivity contribution < 1.29 is 4.39 Å². The van der Waals surface area contributed by atoms with Crippen molar-refractivity contribution in [3.63, 3.8) is 0 Å². The van der Waals surface area contributed by atoms with Crippen molar-refractivity contribution in [3.05, 3.63) is 77.2 Å². The van der Waals surface area contributed by atoms with Gasteiger partial charge in [0.05, 0.1) is 11.6 Å². The molecule has 0 radical (unpaired) electrons. The minimum Gasteiger partial charge on any atom is -0.370 e. The SMILES string of the molecule is Cc1cc(NCCc2ccccc2F)nc(Nc2ccc(C#N)cc2)n1. The van der Waals surface area contributed by atoms with Gasteiger partial charge in [-0.05, 0) is 49.2 Å². The second-order valence-electron chi connectivity index (χ2n) is 5.80. The van der Waals surface area contributed by atoms with E-state index in [1.165, 1.54) is 6.07 Å². The van der Waals surface area contributed by atoms with E-state index >= 15 is 0 Å². The second kappa shape index (κ2) is 8.08. The minimum atomic E-state index is -0.198. The zero-order valence-corrected chi connectivity index (χ0v) is 14.3. The number of anilines is 3. The first-order valence-electron chi connectivity index (χ1n) is 8.24. The fourth-order valence-corrected chi connectivity index (χ4v) is 2.50. The molecule has 0 aliphatic rings. The van der Waals surface area contributed by atoms with Crippen LogP contribution in [0.1, 0.15) is 16.8 Å². The third-order valence-corrected chi connectivity index (χ3v) is 3.78. The monoisotopic (exact) mass is 347 g/mol. The molecule has 3 aromatic rings. The highest BCUT2D eigenvalue weighted by Crippen LogP contribution is 2.16. The van der Waals surface area contributed by atoms with Crippen molar-refractivity contribution in [1.29, 1.82) is 5.26 Å². The molecule has 0 aliphatic carbocycles. The maximum atomic E-state index is 13.7. The predicted octanol–water partition coefficient (Wildman–Crippen LogP) is 4.19. The van der Waals surface area contributed by atoms with Gasteiger partial charge in [-0.15, -0.1) is 0 Å². The van der Waals surface area contributed by atoms with E-state index in [2.05, 4.69) is 26.7 Å². The normalized spacial score (nSPS) is 10.2. The lowest BCUT2D eigenvalue weighted by molar-refractivity contribution is 0.610. The largest absolute Gasteiger partial charge is 0.370 e. The van der Waals surface area contributed by atoms with Crippen LogP contribution < -0.4 is 10.6 Å². The molecule has 130 valence electrons. The lowest BCUT2D eigenvalue weighted by atomic mass is 10.1. The highest BCUT2D eigenvalue weighted by molar-refractivity contribution is 5.56. The molecule has 0 bridgehead atoms. The van der Waals surface area contributed by atoms with Gasteiger partial charge >= 0.3 is 0 Å². The molecular formula is C20H18FN5. The van der Waals surface area contributed by atoms with Crippen LogP contribution in [0.15, 0.2) is 54.6 Å². The number of benzene rings is 2. The van der Waals surface area contributed by atoms with Crippen LogP contribution in [0, 0.1) is 24.1 Å². The first-order valence-corrected chi connectivity index (χ1v) is 8.24. The van der Waals surface area contributed by atoms with Crippen LogP contribution in [-0.4, -0.2) is 16.5 Å². The molecule has 0 amide bonds. The molecule has 0 saturated carbocycles. The van der Waals surface area contributed by atoms with E-state index in [9.17, 15) is 4.39 Å². The lowest BCUT2D eigenvalue weighted by Crippen LogP contribution is -2.09. The van der Waals surface area contributed by atoms with Crippen LogP contribution in [0.2, 0.25) is 0 Å². The summed E-state index contributed by atoms with van der Waals surface area (Å²) < 4.78 is 13.7. The summed E-state index contributed by atoms with van der Waals surface area (Å²) in [4.78, 5) is 8.80. The molecule has 6 heteroatoms. The standard InChI is InChI=1S/C20H18FN5/c1-14-12-19(23-11-10-16-4-2-3-5-18(16)21)26-20(24-14)25-17-8-6-15(13-22)7-9-17/h2-9,12H,10-11H2,1H3,(H2,23,24,25,26). The number of nitriles is 1. The summed E-state index contributed by atoms with van der Waals surface area (Å²) in [5.74, 6) is 0.935. The van der Waals surface area contributed by atoms with Gasteiger partial charge in [-0.2, -0.15) is 10.2 Å². The number of aryl methyl sites for hydroxylation is 1. The Morgan fingerprint density at radius 2 is 1.85 bits per heavy atom. The zero-order chi connectivity index (χ0) is 18.4. The summed E-state index contributed by atoms with van der Waals surface area (Å²) in [6.07, 6.45) is 0.564. The molecule has 26 heavy (non-hydrogen) atoms. The Kier molecular flexibility index (Phi) is 5.40. The summed E-state index contributed by atoms with van der Waals surface area (Å²) in [6, 6.07) is 17.7. The number of nitrogens with one attached hydrogen (secondary N) is 2. The molecule has 1 aromatic heterocycles. The van der Waals surface area contributed by atoms with Gasteiger partial charge < -0.3 is 10.6 Å². The molecule has 2 aromatic carbocycles. The van der Waals surface area contributed by atoms with E-state index in [0.717, 1.165) is 11.4 Å². The Bertz CT molecular complexity index is 932. The number of hydrogen-bond donors (Lipinski definition) is 2. The molecule has 5 nitrogen and oxygen atoms in total. The summed E-state index contributed by atoms with van der Waals surface area (Å²) in [5, 5.41) is 15.2. The summed E-state index contributed by atoms with van der Waals surface area (Å²) in [7, 11) is 0. The topological polar surface area (TPSA) is 73.6 Å². The lowest BCUT2D eigenvalue weighted by Gasteiger charge is -2.10. The number of aromatic nitrogens is 2. The quantitative estimate of drug-likeness (QED) is 0.699. The Labute approximate surface area is 151 Å². The molecule has 3 rings (SSSR count). The number of halogens is 1. The molecule has 0 unspecified atom stereocenters. The molecule has 1 heterocycles. The molecule has 0 fully saturated rings. The van der Waals surface area contributed by atoms with Crippen LogP contribution in [0.25, 0.3) is 0 Å². The van der Waals surface area contributed by atoms with E-state index in [1.54, 1.807) is 36.4 Å². The van der Waals surface area contributed by atoms with Crippen molar-refractivity contribution in [2.45, 2.75) is 13.3 Å². The minimum absolute atomic E-state index is 0.198. The van der Waals surface area contributed by atoms with E-state index < -0.39 is 0 Å². The molecule has 2 N–H and O–H groups in total. The third-order valence-electron chi connectivity index (χ3n) is 3.78. The van der Waals surface area contributed by atoms with Gasteiger partial charge in [-0.3, -0.25) is 0 Å². The Hall–Kier alpha value is -3.46. The van der Waals surface area contributed by atoms with E-state index in [1.807, 2.05) is 19.1 Å². The second-order valence-corrected chi connectivity index (χ2v) is 5.80. The Morgan fingerprint density at radius 3 is 2.58 bits per heavy atom. The highest BCUT2D eigenvalue weighted by atomic mass is 19.1. The fraction of sp³-hybridized carbons (Fsp3) is 0.150. The molecule has 0 atom stereocenters. The van der Waals surface area contributed by atoms with E-state index in [0.29, 0.717) is 35.9 Å². The first kappa shape index (κ1) is 17.4. The van der Waals surface area contributed by atoms with Gasteiger partial charge in [0.1, 0.15) is 11.6 Å². The highest BCUT2D eigenvalue weighted by Gasteiger charge is 2.05. The van der Waals surface area contributed by atoms with Crippen molar-refractivity contribution in [1.82, 2.24) is 9.97 Å². The van der Waals surface area contributed by atoms with E-state index in [4.69, 9.17) is 5.26 Å². The predicted molar refractivity (Wildman–Crippen MR) is 99.8 cm³/mol. The summed E-state index contributed by atoms with van der Waals surface area (Å²) >= 11 is 0. The van der Waals surface area contributed by atoms with Crippen LogP contribution in [0.5, 0.6) is 0 Å². The van der Waals surface area contributed by atoms with Gasteiger partial charge in [0, 0.05) is 24.0 Å². The van der Waals surface area contributed by atoms with Crippen molar-refractivity contribution in [3.8, 4) is 6.07 Å². The fourth-order valence-electron chi connectivity index (χ4n) is 2.50. The Morgan fingerprint density at radius 1 is 1.08 bits per heavy atom. The van der Waals surface area contributed by atoms with Crippen LogP contribution in [0.4, 0.5) is 21.8 Å². The maximum Gasteiger partial charge on any atom is 0.229 e. The van der Waals surface area contributed by atoms with Gasteiger partial charge in [0.25, 0.3) is 0 Å². The van der Waals surface area contributed by atoms with E-state index in [-0.39, 0.29) is 5.82 Å². The smallest absolute Gasteiger partial charge is 0.229 e. The number of nitrogens with zero attached hydrogens (tertiary/aromatic N) is 3. The summed E-state index contributed by atoms with van der Waals surface area (Å²) in [5.41, 5.74) is 2.87. The summed E-state index contributed by atoms with van der Waals surface area (Å²) in [6.45, 7) is 2.45. The van der Waals surface area contributed by atoms with Crippen LogP contribution in [-0.2, 0) is 6.42 Å². The van der Waals surface area contributed by atoms with Crippen molar-refractivity contribution >= 4 is 17.5 Å². The van der Waals surface area contributed by atoms with Gasteiger partial charge in [-0.25, -0.2) is 9.37 Å². The Balaban J connectivity index is 1.65. The number of rotatable bonds is 6.